The largest absolute Gasteiger partial charge is 0.325 e. The molecule has 25 heavy (non-hydrogen) atoms. The quantitative estimate of drug-likeness (QED) is 0.364. The van der Waals surface area contributed by atoms with Gasteiger partial charge < -0.3 is 5.32 Å². The molecule has 3 rings (SSSR count). The van der Waals surface area contributed by atoms with Gasteiger partial charge in [-0.2, -0.15) is 0 Å². The van der Waals surface area contributed by atoms with Gasteiger partial charge in [-0.1, -0.05) is 29.5 Å². The van der Waals surface area contributed by atoms with Crippen molar-refractivity contribution in [3.63, 3.8) is 0 Å². The molecular weight excluding hydrogens is 449 g/mol. The lowest BCUT2D eigenvalue weighted by Gasteiger charge is -2.09. The summed E-state index contributed by atoms with van der Waals surface area (Å²) < 4.78 is 2.54. The molecule has 0 spiro atoms. The number of nitrogens with one attached hydrogen (secondary N) is 1. The Morgan fingerprint density at radius 3 is 2.84 bits per heavy atom. The van der Waals surface area contributed by atoms with Crippen LogP contribution in [0.1, 0.15) is 5.56 Å². The van der Waals surface area contributed by atoms with Crippen LogP contribution >= 0.6 is 34.4 Å². The molecule has 1 amide bonds. The summed E-state index contributed by atoms with van der Waals surface area (Å²) in [5, 5.41) is 3.97. The Balaban J connectivity index is 1.77. The molecule has 7 heteroatoms. The number of aryl methyl sites for hydroxylation is 1. The number of thioether (sulfide) groups is 1. The first-order valence-corrected chi connectivity index (χ1v) is 9.66. The molecule has 0 aliphatic carbocycles. The molecule has 0 aliphatic rings. The Morgan fingerprint density at radius 1 is 1.28 bits per heavy atom. The van der Waals surface area contributed by atoms with Crippen molar-refractivity contribution in [1.29, 1.82) is 0 Å². The number of amides is 1. The van der Waals surface area contributed by atoms with Crippen molar-refractivity contribution in [2.75, 3.05) is 11.1 Å². The molecule has 0 fully saturated rings. The van der Waals surface area contributed by atoms with E-state index in [1.165, 1.54) is 16.3 Å². The van der Waals surface area contributed by atoms with Crippen LogP contribution in [0.2, 0.25) is 0 Å². The van der Waals surface area contributed by atoms with E-state index < -0.39 is 0 Å². The van der Waals surface area contributed by atoms with Gasteiger partial charge >= 0.3 is 0 Å². The lowest BCUT2D eigenvalue weighted by Crippen LogP contribution is -2.21. The molecule has 0 atom stereocenters. The summed E-state index contributed by atoms with van der Waals surface area (Å²) in [4.78, 5) is 29.1. The third-order valence-corrected chi connectivity index (χ3v) is 5.33. The fraction of sp³-hybridized carbons (Fsp3) is 0.167. The highest BCUT2D eigenvalue weighted by Gasteiger charge is 2.11. The van der Waals surface area contributed by atoms with E-state index in [0.717, 1.165) is 14.8 Å². The minimum atomic E-state index is -0.134. The summed E-state index contributed by atoms with van der Waals surface area (Å²) in [6.07, 6.45) is 0. The molecule has 5 nitrogen and oxygen atoms in total. The molecule has 2 aromatic carbocycles. The van der Waals surface area contributed by atoms with Gasteiger partial charge in [0.25, 0.3) is 5.56 Å². The van der Waals surface area contributed by atoms with E-state index in [2.05, 4.69) is 32.9 Å². The van der Waals surface area contributed by atoms with Crippen LogP contribution in [-0.2, 0) is 11.8 Å². The van der Waals surface area contributed by atoms with Gasteiger partial charge in [-0.25, -0.2) is 4.98 Å². The number of anilines is 1. The highest BCUT2D eigenvalue weighted by Crippen LogP contribution is 2.19. The minimum absolute atomic E-state index is 0.103. The Hall–Kier alpha value is -1.87. The maximum atomic E-state index is 12.5. The number of aromatic nitrogens is 2. The molecule has 1 N–H and O–H groups in total. The van der Waals surface area contributed by atoms with Gasteiger partial charge in [0.05, 0.1) is 16.7 Å². The standard InChI is InChI=1S/C18H16IN3O2S/c1-11-6-7-15-14(8-11)17(24)22(2)18(21-15)25-10-16(23)20-13-5-3-4-12(19)9-13/h3-9H,10H2,1-2H3,(H,20,23). The summed E-state index contributed by atoms with van der Waals surface area (Å²) in [5.41, 5.74) is 2.32. The zero-order valence-corrected chi connectivity index (χ0v) is 16.7. The number of benzene rings is 2. The third-order valence-electron chi connectivity index (χ3n) is 3.63. The Kier molecular flexibility index (Phi) is 5.43. The van der Waals surface area contributed by atoms with Crippen LogP contribution in [0.5, 0.6) is 0 Å². The van der Waals surface area contributed by atoms with Crippen LogP contribution in [0.25, 0.3) is 10.9 Å². The Labute approximate surface area is 163 Å². The van der Waals surface area contributed by atoms with Crippen molar-refractivity contribution in [3.05, 3.63) is 62.0 Å². The number of halogens is 1. The van der Waals surface area contributed by atoms with E-state index in [1.807, 2.05) is 49.4 Å². The van der Waals surface area contributed by atoms with E-state index in [4.69, 9.17) is 0 Å². The van der Waals surface area contributed by atoms with Crippen molar-refractivity contribution in [3.8, 4) is 0 Å². The molecule has 3 aromatic rings. The topological polar surface area (TPSA) is 64.0 Å². The third kappa shape index (κ3) is 4.21. The van der Waals surface area contributed by atoms with Gasteiger partial charge in [0.2, 0.25) is 5.91 Å². The van der Waals surface area contributed by atoms with E-state index in [9.17, 15) is 9.59 Å². The summed E-state index contributed by atoms with van der Waals surface area (Å²) in [7, 11) is 1.68. The van der Waals surface area contributed by atoms with E-state index in [1.54, 1.807) is 7.05 Å². The minimum Gasteiger partial charge on any atom is -0.325 e. The zero-order chi connectivity index (χ0) is 18.0. The number of hydrogen-bond donors (Lipinski definition) is 1. The molecule has 1 heterocycles. The van der Waals surface area contributed by atoms with Gasteiger partial charge in [-0.15, -0.1) is 0 Å². The maximum Gasteiger partial charge on any atom is 0.261 e. The van der Waals surface area contributed by atoms with Crippen LogP contribution in [0.3, 0.4) is 0 Å². The number of nitrogens with zero attached hydrogens (tertiary/aromatic N) is 2. The van der Waals surface area contributed by atoms with Gasteiger partial charge in [-0.05, 0) is 59.8 Å². The fourth-order valence-corrected chi connectivity index (χ4v) is 3.70. The van der Waals surface area contributed by atoms with Crippen LogP contribution < -0.4 is 10.9 Å². The van der Waals surface area contributed by atoms with Crippen molar-refractivity contribution in [2.45, 2.75) is 12.1 Å². The van der Waals surface area contributed by atoms with Crippen LogP contribution in [0, 0.1) is 10.5 Å². The summed E-state index contributed by atoms with van der Waals surface area (Å²) in [6.45, 7) is 1.94. The number of rotatable bonds is 4. The highest BCUT2D eigenvalue weighted by molar-refractivity contribution is 14.1. The van der Waals surface area contributed by atoms with Gasteiger partial charge in [0.1, 0.15) is 0 Å². The Morgan fingerprint density at radius 2 is 2.08 bits per heavy atom. The number of hydrogen-bond acceptors (Lipinski definition) is 4. The second kappa shape index (κ2) is 7.57. The smallest absolute Gasteiger partial charge is 0.261 e. The second-order valence-corrected chi connectivity index (χ2v) is 7.81. The number of carbonyl (C=O) groups is 1. The summed E-state index contributed by atoms with van der Waals surface area (Å²) >= 11 is 3.45. The molecular formula is C18H16IN3O2S. The Bertz CT molecular complexity index is 1020. The zero-order valence-electron chi connectivity index (χ0n) is 13.7. The van der Waals surface area contributed by atoms with Crippen molar-refractivity contribution < 1.29 is 4.79 Å². The van der Waals surface area contributed by atoms with Gasteiger partial charge in [-0.3, -0.25) is 14.2 Å². The molecule has 0 unspecified atom stereocenters. The SMILES string of the molecule is Cc1ccc2nc(SCC(=O)Nc3cccc(I)c3)n(C)c(=O)c2c1. The van der Waals surface area contributed by atoms with E-state index in [0.29, 0.717) is 16.1 Å². The molecule has 0 saturated carbocycles. The lowest BCUT2D eigenvalue weighted by molar-refractivity contribution is -0.113. The number of carbonyl (C=O) groups excluding carboxylic acids is 1. The van der Waals surface area contributed by atoms with Crippen LogP contribution in [0.15, 0.2) is 52.4 Å². The lowest BCUT2D eigenvalue weighted by atomic mass is 10.2. The van der Waals surface area contributed by atoms with Crippen LogP contribution in [0.4, 0.5) is 5.69 Å². The fourth-order valence-electron chi connectivity index (χ4n) is 2.39. The molecule has 0 saturated heterocycles. The second-order valence-electron chi connectivity index (χ2n) is 5.63. The number of fused-ring (bicyclic) bond motifs is 1. The first-order chi connectivity index (χ1) is 11.9. The summed E-state index contributed by atoms with van der Waals surface area (Å²) in [6, 6.07) is 13.2. The first kappa shape index (κ1) is 17.9. The highest BCUT2D eigenvalue weighted by atomic mass is 127. The molecule has 1 aromatic heterocycles. The average molecular weight is 465 g/mol. The predicted molar refractivity (Wildman–Crippen MR) is 110 cm³/mol. The van der Waals surface area contributed by atoms with Crippen LogP contribution in [-0.4, -0.2) is 21.2 Å². The van der Waals surface area contributed by atoms with Crippen molar-refractivity contribution >= 4 is 56.9 Å². The maximum absolute atomic E-state index is 12.5. The predicted octanol–water partition coefficient (Wildman–Crippen LogP) is 3.58. The monoisotopic (exact) mass is 465 g/mol. The van der Waals surface area contributed by atoms with E-state index >= 15 is 0 Å². The molecule has 128 valence electrons. The van der Waals surface area contributed by atoms with Gasteiger partial charge in [0, 0.05) is 16.3 Å². The van der Waals surface area contributed by atoms with E-state index in [-0.39, 0.29) is 17.2 Å². The summed E-state index contributed by atoms with van der Waals surface area (Å²) in [5.74, 6) is 0.0496. The first-order valence-electron chi connectivity index (χ1n) is 7.59. The van der Waals surface area contributed by atoms with Gasteiger partial charge in [0.15, 0.2) is 5.16 Å². The average Bonchev–Trinajstić information content (AvgIpc) is 2.57. The normalized spacial score (nSPS) is 10.8. The van der Waals surface area contributed by atoms with Crippen molar-refractivity contribution in [1.82, 2.24) is 9.55 Å². The molecule has 0 aliphatic heterocycles. The molecule has 0 bridgehead atoms. The molecule has 0 radical (unpaired) electrons. The van der Waals surface area contributed by atoms with Crippen molar-refractivity contribution in [2.24, 2.45) is 7.05 Å².